The van der Waals surface area contributed by atoms with Crippen LogP contribution < -0.4 is 5.32 Å². The van der Waals surface area contributed by atoms with Crippen molar-refractivity contribution in [1.82, 2.24) is 5.32 Å². The summed E-state index contributed by atoms with van der Waals surface area (Å²) >= 11 is 0. The molecule has 0 radical (unpaired) electrons. The normalized spacial score (nSPS) is 13.6. The van der Waals surface area contributed by atoms with Crippen LogP contribution in [0, 0.1) is 0 Å². The molecule has 0 aromatic rings. The Morgan fingerprint density at radius 1 is 1.28 bits per heavy atom. The van der Waals surface area contributed by atoms with E-state index >= 15 is 0 Å². The number of nitrogens with one attached hydrogen (secondary N) is 1. The maximum Gasteiger partial charge on any atom is 0.320 e. The van der Waals surface area contributed by atoms with Crippen LogP contribution in [0.15, 0.2) is 0 Å². The lowest BCUT2D eigenvalue weighted by atomic mass is 10.2. The molecule has 0 fully saturated rings. The van der Waals surface area contributed by atoms with Gasteiger partial charge in [0.25, 0.3) is 0 Å². The lowest BCUT2D eigenvalue weighted by Gasteiger charge is -2.19. The molecule has 0 rings (SSSR count). The van der Waals surface area contributed by atoms with E-state index in [2.05, 4.69) is 5.32 Å². The predicted molar refractivity (Wildman–Crippen MR) is 70.9 cm³/mol. The van der Waals surface area contributed by atoms with Crippen LogP contribution in [0.5, 0.6) is 0 Å². The minimum Gasteiger partial charge on any atom is -0.480 e. The molecule has 0 aromatic heterocycles. The summed E-state index contributed by atoms with van der Waals surface area (Å²) in [6, 6.07) is -0.520. The Kier molecular flexibility index (Phi) is 8.97. The Hall–Kier alpha value is -0.650. The summed E-state index contributed by atoms with van der Waals surface area (Å²) in [5, 5.41) is 11.9. The van der Waals surface area contributed by atoms with Gasteiger partial charge in [-0.2, -0.15) is 0 Å². The van der Waals surface area contributed by atoms with Gasteiger partial charge in [0.2, 0.25) is 0 Å². The minimum atomic E-state index is -0.821. The zero-order valence-electron chi connectivity index (χ0n) is 12.0. The molecule has 0 amide bonds. The number of hydrogen-bond acceptors (Lipinski definition) is 4. The molecule has 5 heteroatoms. The van der Waals surface area contributed by atoms with Crippen LogP contribution in [-0.2, 0) is 14.3 Å². The fourth-order valence-corrected chi connectivity index (χ4v) is 1.34. The van der Waals surface area contributed by atoms with Gasteiger partial charge >= 0.3 is 5.97 Å². The fourth-order valence-electron chi connectivity index (χ4n) is 1.34. The van der Waals surface area contributed by atoms with Crippen molar-refractivity contribution in [2.45, 2.75) is 52.2 Å². The highest BCUT2D eigenvalue weighted by molar-refractivity contribution is 5.73. The van der Waals surface area contributed by atoms with E-state index < -0.39 is 12.0 Å². The molecule has 0 aliphatic rings. The number of carboxylic acids is 1. The van der Waals surface area contributed by atoms with Crippen LogP contribution in [0.3, 0.4) is 0 Å². The zero-order valence-corrected chi connectivity index (χ0v) is 12.0. The Morgan fingerprint density at radius 2 is 1.94 bits per heavy atom. The van der Waals surface area contributed by atoms with Crippen molar-refractivity contribution in [2.75, 3.05) is 26.4 Å². The summed E-state index contributed by atoms with van der Waals surface area (Å²) in [6.45, 7) is 10.1. The van der Waals surface area contributed by atoms with E-state index in [1.807, 2.05) is 27.7 Å². The Labute approximate surface area is 110 Å². The van der Waals surface area contributed by atoms with Crippen LogP contribution in [0.25, 0.3) is 0 Å². The van der Waals surface area contributed by atoms with Gasteiger partial charge in [0.1, 0.15) is 6.04 Å². The van der Waals surface area contributed by atoms with E-state index in [9.17, 15) is 4.79 Å². The van der Waals surface area contributed by atoms with Gasteiger partial charge in [-0.05, 0) is 40.2 Å². The molecule has 0 saturated carbocycles. The predicted octanol–water partition coefficient (Wildman–Crippen LogP) is 1.66. The second-order valence-electron chi connectivity index (χ2n) is 5.21. The lowest BCUT2D eigenvalue weighted by molar-refractivity contribution is -0.140. The number of rotatable bonds is 10. The van der Waals surface area contributed by atoms with Crippen molar-refractivity contribution in [3.63, 3.8) is 0 Å². The third-order valence-electron chi connectivity index (χ3n) is 2.25. The van der Waals surface area contributed by atoms with E-state index in [1.165, 1.54) is 0 Å². The maximum atomic E-state index is 10.9. The number of ether oxygens (including phenoxy) is 2. The van der Waals surface area contributed by atoms with Crippen LogP contribution >= 0.6 is 0 Å². The van der Waals surface area contributed by atoms with Crippen LogP contribution in [0.2, 0.25) is 0 Å². The van der Waals surface area contributed by atoms with Crippen molar-refractivity contribution in [1.29, 1.82) is 0 Å². The summed E-state index contributed by atoms with van der Waals surface area (Å²) in [6.07, 6.45) is 1.40. The van der Waals surface area contributed by atoms with Gasteiger partial charge in [-0.1, -0.05) is 6.92 Å². The zero-order chi connectivity index (χ0) is 14.0. The number of carbonyl (C=O) groups is 1. The van der Waals surface area contributed by atoms with Gasteiger partial charge in [0.15, 0.2) is 0 Å². The third kappa shape index (κ3) is 10.5. The van der Waals surface area contributed by atoms with Gasteiger partial charge < -0.3 is 19.9 Å². The molecule has 0 bridgehead atoms. The van der Waals surface area contributed by atoms with E-state index in [0.29, 0.717) is 32.8 Å². The molecule has 108 valence electrons. The molecular weight excluding hydrogens is 234 g/mol. The SMILES string of the molecule is CCCNC(CCOCCOC(C)(C)C)C(=O)O. The molecular formula is C13H27NO4. The first-order valence-electron chi connectivity index (χ1n) is 6.54. The van der Waals surface area contributed by atoms with Gasteiger partial charge in [0.05, 0.1) is 18.8 Å². The molecule has 1 unspecified atom stereocenters. The summed E-state index contributed by atoms with van der Waals surface area (Å²) in [7, 11) is 0. The fraction of sp³-hybridized carbons (Fsp3) is 0.923. The topological polar surface area (TPSA) is 67.8 Å². The smallest absolute Gasteiger partial charge is 0.320 e. The van der Waals surface area contributed by atoms with Crippen molar-refractivity contribution < 1.29 is 19.4 Å². The molecule has 18 heavy (non-hydrogen) atoms. The molecule has 0 aliphatic carbocycles. The molecule has 0 saturated heterocycles. The highest BCUT2D eigenvalue weighted by Gasteiger charge is 2.15. The summed E-state index contributed by atoms with van der Waals surface area (Å²) in [5.41, 5.74) is -0.157. The average molecular weight is 261 g/mol. The highest BCUT2D eigenvalue weighted by atomic mass is 16.5. The van der Waals surface area contributed by atoms with E-state index in [0.717, 1.165) is 6.42 Å². The van der Waals surface area contributed by atoms with Crippen molar-refractivity contribution in [3.8, 4) is 0 Å². The standard InChI is InChI=1S/C13H27NO4/c1-5-7-14-11(12(15)16)6-8-17-9-10-18-13(2,3)4/h11,14H,5-10H2,1-4H3,(H,15,16). The summed E-state index contributed by atoms with van der Waals surface area (Å²) < 4.78 is 10.9. The Balaban J connectivity index is 3.58. The lowest BCUT2D eigenvalue weighted by Crippen LogP contribution is -2.38. The highest BCUT2D eigenvalue weighted by Crippen LogP contribution is 2.05. The van der Waals surface area contributed by atoms with Gasteiger partial charge in [-0.15, -0.1) is 0 Å². The number of carboxylic acid groups (broad SMARTS) is 1. The largest absolute Gasteiger partial charge is 0.480 e. The van der Waals surface area contributed by atoms with Crippen molar-refractivity contribution in [3.05, 3.63) is 0 Å². The second kappa shape index (κ2) is 9.30. The van der Waals surface area contributed by atoms with Gasteiger partial charge in [-0.3, -0.25) is 4.79 Å². The van der Waals surface area contributed by atoms with Gasteiger partial charge in [0, 0.05) is 6.61 Å². The molecule has 0 aromatic carbocycles. The molecule has 0 heterocycles. The third-order valence-corrected chi connectivity index (χ3v) is 2.25. The Bertz CT molecular complexity index is 226. The van der Waals surface area contributed by atoms with Crippen LogP contribution in [0.1, 0.15) is 40.5 Å². The van der Waals surface area contributed by atoms with Crippen molar-refractivity contribution in [2.24, 2.45) is 0 Å². The first-order valence-corrected chi connectivity index (χ1v) is 6.54. The van der Waals surface area contributed by atoms with E-state index in [-0.39, 0.29) is 5.60 Å². The average Bonchev–Trinajstić information content (AvgIpc) is 2.25. The monoisotopic (exact) mass is 261 g/mol. The maximum absolute atomic E-state index is 10.9. The molecule has 0 aliphatic heterocycles. The Morgan fingerprint density at radius 3 is 2.44 bits per heavy atom. The second-order valence-corrected chi connectivity index (χ2v) is 5.21. The van der Waals surface area contributed by atoms with Crippen molar-refractivity contribution >= 4 is 5.97 Å². The van der Waals surface area contributed by atoms with Crippen LogP contribution in [0.4, 0.5) is 0 Å². The number of hydrogen-bond donors (Lipinski definition) is 2. The number of aliphatic carboxylic acids is 1. The molecule has 5 nitrogen and oxygen atoms in total. The molecule has 0 spiro atoms. The van der Waals surface area contributed by atoms with Gasteiger partial charge in [-0.25, -0.2) is 0 Å². The van der Waals surface area contributed by atoms with E-state index in [1.54, 1.807) is 0 Å². The molecule has 2 N–H and O–H groups in total. The quantitative estimate of drug-likeness (QED) is 0.585. The minimum absolute atomic E-state index is 0.157. The molecule has 1 atom stereocenters. The van der Waals surface area contributed by atoms with E-state index in [4.69, 9.17) is 14.6 Å². The summed E-state index contributed by atoms with van der Waals surface area (Å²) in [5.74, 6) is -0.821. The van der Waals surface area contributed by atoms with Crippen LogP contribution in [-0.4, -0.2) is 49.1 Å². The first kappa shape index (κ1) is 17.4. The first-order chi connectivity index (χ1) is 8.37. The summed E-state index contributed by atoms with van der Waals surface area (Å²) in [4.78, 5) is 10.9.